The van der Waals surface area contributed by atoms with Crippen LogP contribution in [-0.2, 0) is 13.0 Å². The maximum absolute atomic E-state index is 12.6. The highest BCUT2D eigenvalue weighted by Gasteiger charge is 2.10. The molecule has 5 aromatic rings. The Kier molecular flexibility index (Phi) is 4.02. The fraction of sp³-hybridized carbons (Fsp3) is 0.0952. The molecule has 8 heteroatoms. The van der Waals surface area contributed by atoms with E-state index in [0.717, 1.165) is 5.69 Å². The number of aryl methyl sites for hydroxylation is 2. The Hall–Kier alpha value is -4.07. The molecule has 0 radical (unpaired) electrons. The molecule has 0 bridgehead atoms. The highest BCUT2D eigenvalue weighted by molar-refractivity contribution is 5.76. The van der Waals surface area contributed by atoms with E-state index in [9.17, 15) is 9.59 Å². The van der Waals surface area contributed by atoms with Crippen molar-refractivity contribution in [3.63, 3.8) is 0 Å². The number of aromatic amines is 1. The maximum Gasteiger partial charge on any atom is 0.272 e. The first-order chi connectivity index (χ1) is 14.2. The Morgan fingerprint density at radius 3 is 2.69 bits per heavy atom. The third kappa shape index (κ3) is 3.10. The second-order valence-corrected chi connectivity index (χ2v) is 6.67. The lowest BCUT2D eigenvalue weighted by Crippen LogP contribution is -2.22. The van der Waals surface area contributed by atoms with Gasteiger partial charge in [-0.1, -0.05) is 18.2 Å². The van der Waals surface area contributed by atoms with Crippen LogP contribution in [0.15, 0.2) is 76.7 Å². The van der Waals surface area contributed by atoms with E-state index in [1.165, 1.54) is 16.9 Å². The summed E-state index contributed by atoms with van der Waals surface area (Å²) < 4.78 is 2.93. The second-order valence-electron chi connectivity index (χ2n) is 6.67. The molecule has 8 nitrogen and oxygen atoms in total. The summed E-state index contributed by atoms with van der Waals surface area (Å²) in [7, 11) is 0. The first-order valence-electron chi connectivity index (χ1n) is 9.16. The van der Waals surface area contributed by atoms with Gasteiger partial charge in [0.2, 0.25) is 0 Å². The molecule has 0 fully saturated rings. The van der Waals surface area contributed by atoms with Gasteiger partial charge < -0.3 is 0 Å². The van der Waals surface area contributed by atoms with Gasteiger partial charge in [0.1, 0.15) is 0 Å². The molecular formula is C21H16N6O2. The zero-order chi connectivity index (χ0) is 19.8. The first kappa shape index (κ1) is 17.1. The van der Waals surface area contributed by atoms with E-state index in [1.807, 2.05) is 36.4 Å². The largest absolute Gasteiger partial charge is 0.298 e. The van der Waals surface area contributed by atoms with Gasteiger partial charge in [-0.05, 0) is 24.3 Å². The van der Waals surface area contributed by atoms with Crippen molar-refractivity contribution in [1.29, 1.82) is 0 Å². The lowest BCUT2D eigenvalue weighted by molar-refractivity contribution is 0.652. The van der Waals surface area contributed by atoms with Crippen molar-refractivity contribution in [3.05, 3.63) is 93.5 Å². The van der Waals surface area contributed by atoms with Crippen LogP contribution in [-0.4, -0.2) is 29.1 Å². The van der Waals surface area contributed by atoms with E-state index in [-0.39, 0.29) is 11.1 Å². The van der Waals surface area contributed by atoms with Crippen molar-refractivity contribution in [2.75, 3.05) is 0 Å². The van der Waals surface area contributed by atoms with Crippen molar-refractivity contribution >= 4 is 16.6 Å². The van der Waals surface area contributed by atoms with Crippen LogP contribution in [0.3, 0.4) is 0 Å². The van der Waals surface area contributed by atoms with Gasteiger partial charge in [0.05, 0.1) is 34.3 Å². The summed E-state index contributed by atoms with van der Waals surface area (Å²) in [5, 5.41) is 3.60. The number of fused-ring (bicyclic) bond motifs is 2. The van der Waals surface area contributed by atoms with Gasteiger partial charge in [0.15, 0.2) is 5.65 Å². The number of nitrogens with zero attached hydrogens (tertiary/aromatic N) is 5. The van der Waals surface area contributed by atoms with E-state index < -0.39 is 0 Å². The fourth-order valence-electron chi connectivity index (χ4n) is 3.32. The molecule has 0 amide bonds. The topological polar surface area (TPSA) is 97.9 Å². The minimum absolute atomic E-state index is 0.104. The number of para-hydroxylation sites is 1. The van der Waals surface area contributed by atoms with E-state index >= 15 is 0 Å². The molecule has 0 atom stereocenters. The Morgan fingerprint density at radius 2 is 1.83 bits per heavy atom. The molecule has 4 heterocycles. The third-order valence-electron chi connectivity index (χ3n) is 4.78. The van der Waals surface area contributed by atoms with Gasteiger partial charge in [-0.15, -0.1) is 0 Å². The number of nitrogens with one attached hydrogen (secondary N) is 1. The van der Waals surface area contributed by atoms with Crippen LogP contribution in [0.4, 0.5) is 0 Å². The molecule has 0 saturated heterocycles. The molecule has 142 valence electrons. The average Bonchev–Trinajstić information content (AvgIpc) is 3.19. The normalized spacial score (nSPS) is 11.3. The van der Waals surface area contributed by atoms with Crippen LogP contribution in [0.25, 0.3) is 27.9 Å². The Balaban J connectivity index is 1.46. The molecule has 0 aliphatic rings. The lowest BCUT2D eigenvalue weighted by Gasteiger charge is -2.06. The molecule has 0 aliphatic heterocycles. The van der Waals surface area contributed by atoms with Crippen LogP contribution in [0.1, 0.15) is 5.69 Å². The zero-order valence-electron chi connectivity index (χ0n) is 15.3. The van der Waals surface area contributed by atoms with E-state index in [4.69, 9.17) is 0 Å². The quantitative estimate of drug-likeness (QED) is 0.511. The minimum Gasteiger partial charge on any atom is -0.298 e. The first-order valence-corrected chi connectivity index (χ1v) is 9.16. The van der Waals surface area contributed by atoms with Gasteiger partial charge in [0, 0.05) is 31.3 Å². The summed E-state index contributed by atoms with van der Waals surface area (Å²) in [5.74, 6) is 0. The van der Waals surface area contributed by atoms with Crippen molar-refractivity contribution in [3.8, 4) is 11.4 Å². The van der Waals surface area contributed by atoms with Crippen molar-refractivity contribution < 1.29 is 0 Å². The van der Waals surface area contributed by atoms with E-state index in [2.05, 4.69) is 20.1 Å². The van der Waals surface area contributed by atoms with E-state index in [0.29, 0.717) is 40.9 Å². The Bertz CT molecular complexity index is 1450. The van der Waals surface area contributed by atoms with Crippen LogP contribution >= 0.6 is 0 Å². The molecule has 0 saturated carbocycles. The zero-order valence-corrected chi connectivity index (χ0v) is 15.3. The van der Waals surface area contributed by atoms with Crippen LogP contribution < -0.4 is 11.1 Å². The van der Waals surface area contributed by atoms with Crippen LogP contribution in [0.2, 0.25) is 0 Å². The highest BCUT2D eigenvalue weighted by Crippen LogP contribution is 2.15. The number of hydrogen-bond donors (Lipinski definition) is 1. The number of aromatic nitrogens is 6. The van der Waals surface area contributed by atoms with Gasteiger partial charge >= 0.3 is 0 Å². The number of benzene rings is 1. The van der Waals surface area contributed by atoms with Crippen LogP contribution in [0, 0.1) is 0 Å². The standard InChI is InChI=1S/C21H16N6O2/c28-20-11-14(8-10-26-13-23-16-6-2-1-5-15(16)21(26)29)24-19-12-18(25-27(19)20)17-7-3-4-9-22-17/h1-7,9,11-13,25H,8,10H2. The molecule has 4 aromatic heterocycles. The molecular weight excluding hydrogens is 368 g/mol. The number of pyridine rings is 1. The smallest absolute Gasteiger partial charge is 0.272 e. The predicted molar refractivity (Wildman–Crippen MR) is 109 cm³/mol. The number of hydrogen-bond acceptors (Lipinski definition) is 5. The SMILES string of the molecule is O=c1c2ccccc2ncn1CCc1cc(=O)n2[nH]c(-c3ccccn3)cc2n1. The van der Waals surface area contributed by atoms with Crippen molar-refractivity contribution in [1.82, 2.24) is 29.1 Å². The third-order valence-corrected chi connectivity index (χ3v) is 4.78. The molecule has 0 unspecified atom stereocenters. The Labute approximate surface area is 164 Å². The number of H-pyrrole nitrogens is 1. The summed E-state index contributed by atoms with van der Waals surface area (Å²) in [4.78, 5) is 38.3. The van der Waals surface area contributed by atoms with Gasteiger partial charge in [-0.2, -0.15) is 0 Å². The predicted octanol–water partition coefficient (Wildman–Crippen LogP) is 2.04. The fourth-order valence-corrected chi connectivity index (χ4v) is 3.32. The van der Waals surface area contributed by atoms with Crippen LogP contribution in [0.5, 0.6) is 0 Å². The summed E-state index contributed by atoms with van der Waals surface area (Å²) in [5.41, 5.74) is 2.92. The summed E-state index contributed by atoms with van der Waals surface area (Å²) in [6, 6.07) is 16.1. The van der Waals surface area contributed by atoms with Gasteiger partial charge in [-0.25, -0.2) is 14.5 Å². The average molecular weight is 384 g/mol. The van der Waals surface area contributed by atoms with E-state index in [1.54, 1.807) is 22.9 Å². The highest BCUT2D eigenvalue weighted by atomic mass is 16.1. The number of rotatable bonds is 4. The minimum atomic E-state index is -0.212. The Morgan fingerprint density at radius 1 is 0.966 bits per heavy atom. The molecule has 1 aromatic carbocycles. The van der Waals surface area contributed by atoms with Gasteiger partial charge in [0.25, 0.3) is 11.1 Å². The summed E-state index contributed by atoms with van der Waals surface area (Å²) >= 11 is 0. The molecule has 0 spiro atoms. The second kappa shape index (κ2) is 6.83. The monoisotopic (exact) mass is 384 g/mol. The maximum atomic E-state index is 12.6. The molecule has 5 rings (SSSR count). The molecule has 29 heavy (non-hydrogen) atoms. The van der Waals surface area contributed by atoms with Crippen molar-refractivity contribution in [2.24, 2.45) is 0 Å². The van der Waals surface area contributed by atoms with Crippen molar-refractivity contribution in [2.45, 2.75) is 13.0 Å². The lowest BCUT2D eigenvalue weighted by atomic mass is 10.2. The molecule has 1 N–H and O–H groups in total. The summed E-state index contributed by atoms with van der Waals surface area (Å²) in [6.07, 6.45) is 3.67. The van der Waals surface area contributed by atoms with Gasteiger partial charge in [-0.3, -0.25) is 24.2 Å². The molecule has 0 aliphatic carbocycles. The summed E-state index contributed by atoms with van der Waals surface area (Å²) in [6.45, 7) is 0.386.